The van der Waals surface area contributed by atoms with Crippen LogP contribution in [0.15, 0.2) is 91.1 Å². The molecule has 1 heterocycles. The number of alkyl halides is 3. The van der Waals surface area contributed by atoms with Crippen molar-refractivity contribution in [2.75, 3.05) is 0 Å². The number of carboxylic acid groups (broad SMARTS) is 1. The number of nitrogens with one attached hydrogen (secondary N) is 1. The molecule has 5 rings (SSSR count). The molecule has 41 heavy (non-hydrogen) atoms. The van der Waals surface area contributed by atoms with E-state index in [1.807, 2.05) is 6.07 Å². The Labute approximate surface area is 231 Å². The fourth-order valence-corrected chi connectivity index (χ4v) is 4.58. The fourth-order valence-electron chi connectivity index (χ4n) is 4.58. The molecule has 0 saturated heterocycles. The molecule has 2 N–H and O–H groups in total. The second kappa shape index (κ2) is 10.9. The van der Waals surface area contributed by atoms with Gasteiger partial charge in [-0.25, -0.2) is 9.18 Å². The number of aromatic carboxylic acids is 1. The molecule has 0 radical (unpaired) electrons. The topological polar surface area (TPSA) is 84.2 Å². The highest BCUT2D eigenvalue weighted by molar-refractivity contribution is 6.07. The van der Waals surface area contributed by atoms with Crippen LogP contribution in [0.4, 0.5) is 17.6 Å². The lowest BCUT2D eigenvalue weighted by Gasteiger charge is -2.17. The SMILES string of the molecule is C[C@H](NC(=O)c1cc(-c2ccc(F)cc2)cc2cnn(Cc3ccc(C(F)(F)F)cc3)c12)c1ccc(C(=O)O)cc1. The van der Waals surface area contributed by atoms with Crippen molar-refractivity contribution in [2.24, 2.45) is 0 Å². The highest BCUT2D eigenvalue weighted by atomic mass is 19.4. The number of fused-ring (bicyclic) bond motifs is 1. The van der Waals surface area contributed by atoms with Crippen molar-refractivity contribution in [3.05, 3.63) is 125 Å². The third-order valence-corrected chi connectivity index (χ3v) is 6.77. The van der Waals surface area contributed by atoms with Gasteiger partial charge in [-0.05, 0) is 77.7 Å². The van der Waals surface area contributed by atoms with Gasteiger partial charge in [0, 0.05) is 5.39 Å². The number of benzene rings is 4. The molecular formula is C31H23F4N3O3. The van der Waals surface area contributed by atoms with Gasteiger partial charge < -0.3 is 10.4 Å². The van der Waals surface area contributed by atoms with Crippen LogP contribution in [0.3, 0.4) is 0 Å². The first kappa shape index (κ1) is 27.6. The zero-order valence-electron chi connectivity index (χ0n) is 21.6. The van der Waals surface area contributed by atoms with Gasteiger partial charge in [0.15, 0.2) is 0 Å². The molecule has 6 nitrogen and oxygen atoms in total. The Balaban J connectivity index is 1.52. The first-order chi connectivity index (χ1) is 19.5. The molecule has 0 saturated carbocycles. The maximum Gasteiger partial charge on any atom is 0.416 e. The molecule has 1 aromatic heterocycles. The van der Waals surface area contributed by atoms with E-state index in [0.717, 1.165) is 12.1 Å². The molecule has 0 bridgehead atoms. The quantitative estimate of drug-likeness (QED) is 0.208. The molecule has 0 aliphatic heterocycles. The minimum Gasteiger partial charge on any atom is -0.478 e. The van der Waals surface area contributed by atoms with Crippen molar-refractivity contribution in [1.82, 2.24) is 15.1 Å². The number of carbonyl (C=O) groups excluding carboxylic acids is 1. The van der Waals surface area contributed by atoms with Crippen LogP contribution in [0.5, 0.6) is 0 Å². The molecule has 1 atom stereocenters. The Bertz CT molecular complexity index is 1730. The number of halogens is 4. The van der Waals surface area contributed by atoms with E-state index >= 15 is 0 Å². The number of hydrogen-bond donors (Lipinski definition) is 2. The summed E-state index contributed by atoms with van der Waals surface area (Å²) in [5.74, 6) is -1.91. The van der Waals surface area contributed by atoms with Crippen LogP contribution in [-0.2, 0) is 12.7 Å². The van der Waals surface area contributed by atoms with Crippen LogP contribution in [0, 0.1) is 5.82 Å². The van der Waals surface area contributed by atoms with Crippen LogP contribution in [0.1, 0.15) is 50.4 Å². The zero-order valence-corrected chi connectivity index (χ0v) is 21.6. The van der Waals surface area contributed by atoms with E-state index in [1.165, 1.54) is 36.4 Å². The average molecular weight is 562 g/mol. The third-order valence-electron chi connectivity index (χ3n) is 6.77. The lowest BCUT2D eigenvalue weighted by Crippen LogP contribution is -2.27. The van der Waals surface area contributed by atoms with Gasteiger partial charge in [0.2, 0.25) is 0 Å². The Morgan fingerprint density at radius 1 is 0.927 bits per heavy atom. The van der Waals surface area contributed by atoms with Gasteiger partial charge >= 0.3 is 12.1 Å². The molecule has 10 heteroatoms. The minimum absolute atomic E-state index is 0.115. The first-order valence-corrected chi connectivity index (χ1v) is 12.6. The smallest absolute Gasteiger partial charge is 0.416 e. The summed E-state index contributed by atoms with van der Waals surface area (Å²) in [6.45, 7) is 1.87. The summed E-state index contributed by atoms with van der Waals surface area (Å²) in [7, 11) is 0. The number of amides is 1. The second-order valence-electron chi connectivity index (χ2n) is 9.59. The van der Waals surface area contributed by atoms with E-state index in [1.54, 1.807) is 48.1 Å². The van der Waals surface area contributed by atoms with E-state index in [4.69, 9.17) is 5.11 Å². The highest BCUT2D eigenvalue weighted by Gasteiger charge is 2.30. The lowest BCUT2D eigenvalue weighted by molar-refractivity contribution is -0.137. The molecule has 0 spiro atoms. The summed E-state index contributed by atoms with van der Waals surface area (Å²) in [5.41, 5.74) is 2.66. The maximum absolute atomic E-state index is 13.7. The standard InChI is InChI=1S/C31H23F4N3O3/c1-18(20-4-6-22(7-5-20)30(40)41)37-29(39)27-15-23(21-8-12-26(32)13-9-21)14-24-16-36-38(28(24)27)17-19-2-10-25(11-3-19)31(33,34)35/h2-16,18H,17H2,1H3,(H,37,39)(H,40,41)/t18-/m0/s1. The van der Waals surface area contributed by atoms with E-state index in [0.29, 0.717) is 33.2 Å². The van der Waals surface area contributed by atoms with E-state index in [2.05, 4.69) is 10.4 Å². The minimum atomic E-state index is -4.45. The van der Waals surface area contributed by atoms with Crippen molar-refractivity contribution in [3.8, 4) is 11.1 Å². The molecular weight excluding hydrogens is 538 g/mol. The van der Waals surface area contributed by atoms with Gasteiger partial charge in [0.25, 0.3) is 5.91 Å². The van der Waals surface area contributed by atoms with Crippen molar-refractivity contribution in [3.63, 3.8) is 0 Å². The Morgan fingerprint density at radius 3 is 2.20 bits per heavy atom. The summed E-state index contributed by atoms with van der Waals surface area (Å²) in [4.78, 5) is 24.9. The summed E-state index contributed by atoms with van der Waals surface area (Å²) >= 11 is 0. The van der Waals surface area contributed by atoms with Crippen molar-refractivity contribution in [2.45, 2.75) is 25.7 Å². The van der Waals surface area contributed by atoms with Gasteiger partial charge in [-0.15, -0.1) is 0 Å². The van der Waals surface area contributed by atoms with E-state index in [9.17, 15) is 27.2 Å². The Hall–Kier alpha value is -4.99. The van der Waals surface area contributed by atoms with Gasteiger partial charge in [0.05, 0.1) is 41.0 Å². The largest absolute Gasteiger partial charge is 0.478 e. The Kier molecular flexibility index (Phi) is 7.32. The number of rotatable bonds is 7. The fraction of sp³-hybridized carbons (Fsp3) is 0.129. The summed E-state index contributed by atoms with van der Waals surface area (Å²) in [6, 6.07) is 19.7. The normalized spacial score (nSPS) is 12.3. The molecule has 1 amide bonds. The van der Waals surface area contributed by atoms with Gasteiger partial charge in [0.1, 0.15) is 5.82 Å². The molecule has 0 aliphatic carbocycles. The second-order valence-corrected chi connectivity index (χ2v) is 9.59. The summed E-state index contributed by atoms with van der Waals surface area (Å²) in [5, 5.41) is 17.1. The van der Waals surface area contributed by atoms with Crippen LogP contribution in [-0.4, -0.2) is 26.8 Å². The van der Waals surface area contributed by atoms with Gasteiger partial charge in [-0.3, -0.25) is 9.48 Å². The van der Waals surface area contributed by atoms with Crippen molar-refractivity contribution in [1.29, 1.82) is 0 Å². The van der Waals surface area contributed by atoms with Crippen LogP contribution in [0.2, 0.25) is 0 Å². The van der Waals surface area contributed by atoms with Gasteiger partial charge in [-0.1, -0.05) is 36.4 Å². The predicted octanol–water partition coefficient (Wildman–Crippen LogP) is 7.10. The zero-order chi connectivity index (χ0) is 29.3. The maximum atomic E-state index is 13.7. The van der Waals surface area contributed by atoms with Crippen LogP contribution < -0.4 is 5.32 Å². The molecule has 0 fully saturated rings. The first-order valence-electron chi connectivity index (χ1n) is 12.6. The summed E-state index contributed by atoms with van der Waals surface area (Å²) in [6.07, 6.45) is -2.89. The van der Waals surface area contributed by atoms with Crippen LogP contribution in [0.25, 0.3) is 22.0 Å². The molecule has 0 unspecified atom stereocenters. The molecule has 5 aromatic rings. The van der Waals surface area contributed by atoms with Crippen molar-refractivity contribution >= 4 is 22.8 Å². The molecule has 208 valence electrons. The number of aromatic nitrogens is 2. The predicted molar refractivity (Wildman–Crippen MR) is 145 cm³/mol. The summed E-state index contributed by atoms with van der Waals surface area (Å²) < 4.78 is 54.2. The van der Waals surface area contributed by atoms with E-state index < -0.39 is 35.5 Å². The number of carbonyl (C=O) groups is 2. The average Bonchev–Trinajstić information content (AvgIpc) is 3.35. The van der Waals surface area contributed by atoms with E-state index in [-0.39, 0.29) is 17.7 Å². The number of nitrogens with zero attached hydrogens (tertiary/aromatic N) is 2. The molecule has 0 aliphatic rings. The Morgan fingerprint density at radius 2 is 1.59 bits per heavy atom. The number of carboxylic acids is 1. The monoisotopic (exact) mass is 561 g/mol. The highest BCUT2D eigenvalue weighted by Crippen LogP contribution is 2.31. The van der Waals surface area contributed by atoms with Crippen molar-refractivity contribution < 1.29 is 32.3 Å². The number of hydrogen-bond acceptors (Lipinski definition) is 3. The van der Waals surface area contributed by atoms with Gasteiger partial charge in [-0.2, -0.15) is 18.3 Å². The third kappa shape index (κ3) is 5.96. The molecule has 4 aromatic carbocycles. The van der Waals surface area contributed by atoms with Crippen LogP contribution >= 0.6 is 0 Å². The lowest BCUT2D eigenvalue weighted by atomic mass is 9.99.